The third-order valence-electron chi connectivity index (χ3n) is 6.37. The third-order valence-corrected chi connectivity index (χ3v) is 7.29. The van der Waals surface area contributed by atoms with Gasteiger partial charge in [0.15, 0.2) is 5.78 Å². The first-order valence-corrected chi connectivity index (χ1v) is 12.1. The largest absolute Gasteiger partial charge is 0.399 e. The maximum Gasteiger partial charge on any atom is 0.251 e. The molecule has 3 aromatic rings. The van der Waals surface area contributed by atoms with Gasteiger partial charge in [-0.05, 0) is 53.3 Å². The van der Waals surface area contributed by atoms with E-state index in [1.165, 1.54) is 0 Å². The first-order chi connectivity index (χ1) is 16.5. The summed E-state index contributed by atoms with van der Waals surface area (Å²) in [6, 6.07) is 17.2. The van der Waals surface area contributed by atoms with E-state index in [2.05, 4.69) is 5.32 Å². The maximum absolute atomic E-state index is 13.6. The van der Waals surface area contributed by atoms with E-state index in [0.29, 0.717) is 30.6 Å². The van der Waals surface area contributed by atoms with Crippen LogP contribution in [0.3, 0.4) is 0 Å². The van der Waals surface area contributed by atoms with Gasteiger partial charge in [-0.15, -0.1) is 11.3 Å². The molecular weight excluding hydrogens is 450 g/mol. The number of benzene rings is 2. The summed E-state index contributed by atoms with van der Waals surface area (Å²) in [5.41, 5.74) is 8.79. The van der Waals surface area contributed by atoms with Crippen LogP contribution >= 0.6 is 11.3 Å². The topological polar surface area (TPSA) is 102 Å². The summed E-state index contributed by atoms with van der Waals surface area (Å²) in [6.07, 6.45) is 0.657. The second kappa shape index (κ2) is 9.40. The molecule has 3 atom stereocenters. The molecule has 2 aliphatic heterocycles. The molecule has 2 aliphatic rings. The Morgan fingerprint density at radius 3 is 2.59 bits per heavy atom. The Bertz CT molecular complexity index is 1190. The molecule has 2 amide bonds. The van der Waals surface area contributed by atoms with Gasteiger partial charge in [-0.3, -0.25) is 14.4 Å². The highest BCUT2D eigenvalue weighted by Crippen LogP contribution is 2.28. The number of hydrogen-bond donors (Lipinski definition) is 2. The molecule has 0 radical (unpaired) electrons. The van der Waals surface area contributed by atoms with Gasteiger partial charge in [0.1, 0.15) is 18.7 Å². The molecule has 2 fully saturated rings. The number of thiophene rings is 1. The Labute approximate surface area is 201 Å². The number of nitrogens with zero attached hydrogens (tertiary/aromatic N) is 1. The first kappa shape index (κ1) is 22.3. The Kier molecular flexibility index (Phi) is 6.17. The van der Waals surface area contributed by atoms with Gasteiger partial charge >= 0.3 is 0 Å². The zero-order valence-corrected chi connectivity index (χ0v) is 19.3. The van der Waals surface area contributed by atoms with Crippen molar-refractivity contribution in [2.45, 2.75) is 31.0 Å². The van der Waals surface area contributed by atoms with Crippen LogP contribution in [0, 0.1) is 0 Å². The fraction of sp³-hybridized carbons (Fsp3) is 0.269. The number of nitrogens with two attached hydrogens (primary N) is 1. The van der Waals surface area contributed by atoms with Crippen LogP contribution in [0.4, 0.5) is 5.69 Å². The van der Waals surface area contributed by atoms with Gasteiger partial charge in [0.05, 0.1) is 6.10 Å². The van der Waals surface area contributed by atoms with Crippen molar-refractivity contribution >= 4 is 34.6 Å². The van der Waals surface area contributed by atoms with Crippen LogP contribution in [0.2, 0.25) is 0 Å². The molecule has 0 spiro atoms. The number of carbonyl (C=O) groups excluding carboxylic acids is 3. The zero-order valence-electron chi connectivity index (χ0n) is 18.5. The standard InChI is InChI=1S/C26H25N3O4S/c27-19-9-3-16(4-10-19)14-20(26(32)29-12-11-22-24(29)21(30)15-33-22)28-25(31)18-7-5-17(6-8-18)23-2-1-13-34-23/h1-10,13,20,22,24H,11-12,14-15,27H2,(H,28,31). The van der Waals surface area contributed by atoms with Crippen LogP contribution in [0.5, 0.6) is 0 Å². The smallest absolute Gasteiger partial charge is 0.251 e. The van der Waals surface area contributed by atoms with E-state index in [1.54, 1.807) is 40.5 Å². The number of fused-ring (bicyclic) bond motifs is 1. The lowest BCUT2D eigenvalue weighted by atomic mass is 10.0. The second-order valence-corrected chi connectivity index (χ2v) is 9.56. The Morgan fingerprint density at radius 1 is 1.12 bits per heavy atom. The normalized spacial score (nSPS) is 20.2. The molecule has 0 bridgehead atoms. The lowest BCUT2D eigenvalue weighted by Crippen LogP contribution is -2.53. The molecule has 3 heterocycles. The molecule has 174 valence electrons. The Balaban J connectivity index is 1.36. The number of likely N-dealkylation sites (tertiary alicyclic amines) is 1. The highest BCUT2D eigenvalue weighted by molar-refractivity contribution is 7.13. The Morgan fingerprint density at radius 2 is 1.88 bits per heavy atom. The summed E-state index contributed by atoms with van der Waals surface area (Å²) >= 11 is 1.63. The van der Waals surface area contributed by atoms with Crippen molar-refractivity contribution < 1.29 is 19.1 Å². The highest BCUT2D eigenvalue weighted by atomic mass is 32.1. The van der Waals surface area contributed by atoms with Gasteiger partial charge in [-0.1, -0.05) is 30.3 Å². The molecule has 2 aromatic carbocycles. The van der Waals surface area contributed by atoms with Gasteiger partial charge in [0.2, 0.25) is 5.91 Å². The summed E-state index contributed by atoms with van der Waals surface area (Å²) < 4.78 is 5.53. The lowest BCUT2D eigenvalue weighted by molar-refractivity contribution is -0.138. The van der Waals surface area contributed by atoms with Crippen LogP contribution < -0.4 is 11.1 Å². The molecular formula is C26H25N3O4S. The molecule has 34 heavy (non-hydrogen) atoms. The van der Waals surface area contributed by atoms with Crippen molar-refractivity contribution in [1.29, 1.82) is 0 Å². The fourth-order valence-electron chi connectivity index (χ4n) is 4.60. The number of ether oxygens (including phenoxy) is 1. The number of Topliss-reactive ketones (excluding diaryl/α,β-unsaturated/α-hetero) is 1. The molecule has 1 aromatic heterocycles. The molecule has 0 saturated carbocycles. The summed E-state index contributed by atoms with van der Waals surface area (Å²) in [5, 5.41) is 4.92. The monoisotopic (exact) mass is 475 g/mol. The molecule has 3 unspecified atom stereocenters. The quantitative estimate of drug-likeness (QED) is 0.534. The summed E-state index contributed by atoms with van der Waals surface area (Å²) in [5.74, 6) is -0.694. The summed E-state index contributed by atoms with van der Waals surface area (Å²) in [6.45, 7) is 0.466. The molecule has 0 aliphatic carbocycles. The van der Waals surface area contributed by atoms with Crippen LogP contribution in [0.1, 0.15) is 22.3 Å². The second-order valence-electron chi connectivity index (χ2n) is 8.61. The Hall–Kier alpha value is -3.49. The molecule has 5 rings (SSSR count). The average molecular weight is 476 g/mol. The summed E-state index contributed by atoms with van der Waals surface area (Å²) in [4.78, 5) is 41.7. The van der Waals surface area contributed by atoms with Gasteiger partial charge < -0.3 is 20.7 Å². The number of hydrogen-bond acceptors (Lipinski definition) is 6. The predicted octanol–water partition coefficient (Wildman–Crippen LogP) is 2.91. The number of carbonyl (C=O) groups is 3. The van der Waals surface area contributed by atoms with Crippen molar-refractivity contribution in [3.05, 3.63) is 77.2 Å². The van der Waals surface area contributed by atoms with E-state index in [9.17, 15) is 14.4 Å². The van der Waals surface area contributed by atoms with Crippen molar-refractivity contribution in [3.8, 4) is 10.4 Å². The van der Waals surface area contributed by atoms with Gasteiger partial charge in [0, 0.05) is 29.1 Å². The number of rotatable bonds is 6. The minimum absolute atomic E-state index is 0.0324. The fourth-order valence-corrected chi connectivity index (χ4v) is 5.33. The number of amides is 2. The zero-order chi connectivity index (χ0) is 23.7. The maximum atomic E-state index is 13.6. The van der Waals surface area contributed by atoms with E-state index in [-0.39, 0.29) is 30.3 Å². The van der Waals surface area contributed by atoms with E-state index >= 15 is 0 Å². The minimum atomic E-state index is -0.819. The number of ketones is 1. The van der Waals surface area contributed by atoms with E-state index in [0.717, 1.165) is 16.0 Å². The number of nitrogens with one attached hydrogen (secondary N) is 1. The van der Waals surface area contributed by atoms with Crippen LogP contribution in [-0.4, -0.2) is 53.8 Å². The number of anilines is 1. The summed E-state index contributed by atoms with van der Waals surface area (Å²) in [7, 11) is 0. The van der Waals surface area contributed by atoms with Crippen molar-refractivity contribution in [2.75, 3.05) is 18.9 Å². The average Bonchev–Trinajstić information content (AvgIpc) is 3.60. The SMILES string of the molecule is Nc1ccc(CC(NC(=O)c2ccc(-c3cccs3)cc2)C(=O)N2CCC3OCC(=O)C32)cc1. The van der Waals surface area contributed by atoms with Crippen LogP contribution in [0.25, 0.3) is 10.4 Å². The molecule has 7 nitrogen and oxygen atoms in total. The van der Waals surface area contributed by atoms with Crippen LogP contribution in [-0.2, 0) is 20.7 Å². The lowest BCUT2D eigenvalue weighted by Gasteiger charge is -2.27. The van der Waals surface area contributed by atoms with Crippen molar-refractivity contribution in [1.82, 2.24) is 10.2 Å². The molecule has 8 heteroatoms. The molecule has 2 saturated heterocycles. The van der Waals surface area contributed by atoms with E-state index in [1.807, 2.05) is 41.8 Å². The van der Waals surface area contributed by atoms with E-state index < -0.39 is 12.1 Å². The van der Waals surface area contributed by atoms with Crippen LogP contribution in [0.15, 0.2) is 66.0 Å². The minimum Gasteiger partial charge on any atom is -0.399 e. The number of nitrogen functional groups attached to an aromatic ring is 1. The third kappa shape index (κ3) is 4.47. The molecule has 3 N–H and O–H groups in total. The first-order valence-electron chi connectivity index (χ1n) is 11.2. The predicted molar refractivity (Wildman–Crippen MR) is 130 cm³/mol. The van der Waals surface area contributed by atoms with E-state index in [4.69, 9.17) is 10.5 Å². The van der Waals surface area contributed by atoms with Crippen molar-refractivity contribution in [2.24, 2.45) is 0 Å². The van der Waals surface area contributed by atoms with Gasteiger partial charge in [-0.25, -0.2) is 0 Å². The highest BCUT2D eigenvalue weighted by Gasteiger charge is 2.48. The van der Waals surface area contributed by atoms with Gasteiger partial charge in [-0.2, -0.15) is 0 Å². The van der Waals surface area contributed by atoms with Crippen molar-refractivity contribution in [3.63, 3.8) is 0 Å². The van der Waals surface area contributed by atoms with Gasteiger partial charge in [0.25, 0.3) is 5.91 Å².